The number of fused-ring (bicyclic) bond motifs is 1. The van der Waals surface area contributed by atoms with Gasteiger partial charge in [-0.25, -0.2) is 0 Å². The molecule has 3 aliphatic rings. The molecule has 160 valence electrons. The van der Waals surface area contributed by atoms with Crippen molar-refractivity contribution in [3.63, 3.8) is 0 Å². The lowest BCUT2D eigenvalue weighted by atomic mass is 9.89. The summed E-state index contributed by atoms with van der Waals surface area (Å²) in [6.07, 6.45) is 8.89. The standard InChI is InChI=1S/C24H33N5O/c30-23-12-11-19-7-1-4-10-22(19)29(23)14-6-5-13-27-15-17-28(18-16-27)24-20-8-2-3-9-21(20)25-26-24/h2-3,8-9H,1,4-7,10-18H2,(H,25,26). The highest BCUT2D eigenvalue weighted by atomic mass is 16.2. The van der Waals surface area contributed by atoms with E-state index in [4.69, 9.17) is 0 Å². The number of hydrogen-bond acceptors (Lipinski definition) is 4. The SMILES string of the molecule is O=C1CCC2=C(CCCC2)N1CCCCN1CCN(c2n[nH]c3ccccc23)CC1. The summed E-state index contributed by atoms with van der Waals surface area (Å²) in [6, 6.07) is 8.36. The topological polar surface area (TPSA) is 55.5 Å². The number of para-hydroxylation sites is 1. The number of amides is 1. The zero-order valence-electron chi connectivity index (χ0n) is 17.9. The number of aromatic nitrogens is 2. The van der Waals surface area contributed by atoms with Crippen LogP contribution in [0.1, 0.15) is 51.4 Å². The number of unbranched alkanes of at least 4 members (excludes halogenated alkanes) is 1. The van der Waals surface area contributed by atoms with Crippen molar-refractivity contribution < 1.29 is 4.79 Å². The number of piperazine rings is 1. The van der Waals surface area contributed by atoms with Crippen LogP contribution in [0.15, 0.2) is 35.5 Å². The molecule has 2 aliphatic heterocycles. The lowest BCUT2D eigenvalue weighted by Gasteiger charge is -2.36. The van der Waals surface area contributed by atoms with Gasteiger partial charge in [-0.1, -0.05) is 17.7 Å². The molecule has 1 fully saturated rings. The Morgan fingerprint density at radius 1 is 0.900 bits per heavy atom. The molecule has 2 aromatic rings. The van der Waals surface area contributed by atoms with Gasteiger partial charge in [-0.2, -0.15) is 5.10 Å². The van der Waals surface area contributed by atoms with E-state index in [0.717, 1.165) is 82.7 Å². The van der Waals surface area contributed by atoms with Gasteiger partial charge in [0, 0.05) is 50.2 Å². The maximum absolute atomic E-state index is 12.5. The van der Waals surface area contributed by atoms with Gasteiger partial charge in [-0.15, -0.1) is 0 Å². The Kier molecular flexibility index (Phi) is 5.75. The molecule has 6 nitrogen and oxygen atoms in total. The van der Waals surface area contributed by atoms with Crippen molar-refractivity contribution in [2.45, 2.75) is 51.4 Å². The normalized spacial score (nSPS) is 20.9. The Morgan fingerprint density at radius 2 is 1.70 bits per heavy atom. The van der Waals surface area contributed by atoms with Crippen LogP contribution in [0.3, 0.4) is 0 Å². The van der Waals surface area contributed by atoms with Crippen molar-refractivity contribution in [2.24, 2.45) is 0 Å². The molecule has 3 heterocycles. The molecule has 1 aliphatic carbocycles. The second kappa shape index (κ2) is 8.80. The van der Waals surface area contributed by atoms with E-state index < -0.39 is 0 Å². The summed E-state index contributed by atoms with van der Waals surface area (Å²) in [4.78, 5) is 19.6. The van der Waals surface area contributed by atoms with E-state index in [1.165, 1.54) is 30.3 Å². The van der Waals surface area contributed by atoms with Gasteiger partial charge >= 0.3 is 0 Å². The quantitative estimate of drug-likeness (QED) is 0.738. The Hall–Kier alpha value is -2.34. The molecule has 1 N–H and O–H groups in total. The van der Waals surface area contributed by atoms with Crippen LogP contribution < -0.4 is 4.90 Å². The second-order valence-corrected chi connectivity index (χ2v) is 8.93. The fourth-order valence-corrected chi connectivity index (χ4v) is 5.33. The van der Waals surface area contributed by atoms with Crippen molar-refractivity contribution in [2.75, 3.05) is 44.2 Å². The average Bonchev–Trinajstić information content (AvgIpc) is 3.22. The first-order valence-electron chi connectivity index (χ1n) is 11.7. The summed E-state index contributed by atoms with van der Waals surface area (Å²) in [7, 11) is 0. The fourth-order valence-electron chi connectivity index (χ4n) is 5.33. The van der Waals surface area contributed by atoms with Crippen LogP contribution in [0.5, 0.6) is 0 Å². The van der Waals surface area contributed by atoms with Gasteiger partial charge in [-0.3, -0.25) is 14.8 Å². The van der Waals surface area contributed by atoms with Gasteiger partial charge in [0.1, 0.15) is 0 Å². The van der Waals surface area contributed by atoms with Crippen molar-refractivity contribution in [1.29, 1.82) is 0 Å². The van der Waals surface area contributed by atoms with Crippen molar-refractivity contribution >= 4 is 22.6 Å². The largest absolute Gasteiger partial charge is 0.352 e. The van der Waals surface area contributed by atoms with E-state index >= 15 is 0 Å². The Morgan fingerprint density at radius 3 is 2.60 bits per heavy atom. The van der Waals surface area contributed by atoms with Gasteiger partial charge < -0.3 is 9.80 Å². The molecule has 6 heteroatoms. The minimum Gasteiger partial charge on any atom is -0.352 e. The molecule has 1 saturated heterocycles. The van der Waals surface area contributed by atoms with E-state index in [-0.39, 0.29) is 0 Å². The minimum absolute atomic E-state index is 0.357. The fraction of sp³-hybridized carbons (Fsp3) is 0.583. The smallest absolute Gasteiger partial charge is 0.227 e. The highest BCUT2D eigenvalue weighted by Gasteiger charge is 2.27. The van der Waals surface area contributed by atoms with Crippen molar-refractivity contribution in [1.82, 2.24) is 20.0 Å². The van der Waals surface area contributed by atoms with Crippen LogP contribution >= 0.6 is 0 Å². The van der Waals surface area contributed by atoms with E-state index in [1.807, 2.05) is 6.07 Å². The maximum Gasteiger partial charge on any atom is 0.227 e. The monoisotopic (exact) mass is 407 g/mol. The van der Waals surface area contributed by atoms with Gasteiger partial charge in [0.15, 0.2) is 5.82 Å². The van der Waals surface area contributed by atoms with Crippen LogP contribution in [0, 0.1) is 0 Å². The van der Waals surface area contributed by atoms with Crippen LogP contribution in [-0.2, 0) is 4.79 Å². The number of anilines is 1. The van der Waals surface area contributed by atoms with Crippen LogP contribution in [0.4, 0.5) is 5.82 Å². The number of aromatic amines is 1. The van der Waals surface area contributed by atoms with Gasteiger partial charge in [-0.05, 0) is 63.6 Å². The summed E-state index contributed by atoms with van der Waals surface area (Å²) in [5, 5.41) is 8.92. The number of hydrogen-bond donors (Lipinski definition) is 1. The molecule has 0 saturated carbocycles. The summed E-state index contributed by atoms with van der Waals surface area (Å²) >= 11 is 0. The number of carbonyl (C=O) groups is 1. The molecule has 1 aromatic carbocycles. The second-order valence-electron chi connectivity index (χ2n) is 8.93. The molecule has 1 aromatic heterocycles. The molecule has 0 unspecified atom stereocenters. The predicted octanol–water partition coefficient (Wildman–Crippen LogP) is 3.92. The van der Waals surface area contributed by atoms with Gasteiger partial charge in [0.05, 0.1) is 5.52 Å². The number of H-pyrrole nitrogens is 1. The molecule has 0 atom stereocenters. The third kappa shape index (κ3) is 3.97. The van der Waals surface area contributed by atoms with Crippen molar-refractivity contribution in [3.05, 3.63) is 35.5 Å². The number of rotatable bonds is 6. The predicted molar refractivity (Wildman–Crippen MR) is 120 cm³/mol. The Bertz CT molecular complexity index is 925. The molecule has 0 bridgehead atoms. The van der Waals surface area contributed by atoms with Crippen LogP contribution in [0.2, 0.25) is 0 Å². The molecule has 1 amide bonds. The summed E-state index contributed by atoms with van der Waals surface area (Å²) < 4.78 is 0. The summed E-state index contributed by atoms with van der Waals surface area (Å²) in [6.45, 7) is 6.25. The zero-order valence-corrected chi connectivity index (χ0v) is 17.9. The first kappa shape index (κ1) is 19.6. The lowest BCUT2D eigenvalue weighted by Crippen LogP contribution is -2.47. The van der Waals surface area contributed by atoms with Crippen LogP contribution in [-0.4, -0.2) is 65.2 Å². The third-order valence-corrected chi connectivity index (χ3v) is 7.05. The number of nitrogens with zero attached hydrogens (tertiary/aromatic N) is 4. The Balaban J connectivity index is 1.08. The maximum atomic E-state index is 12.5. The molecular weight excluding hydrogens is 374 g/mol. The van der Waals surface area contributed by atoms with E-state index in [1.54, 1.807) is 5.57 Å². The van der Waals surface area contributed by atoms with E-state index in [9.17, 15) is 4.79 Å². The molecule has 0 spiro atoms. The third-order valence-electron chi connectivity index (χ3n) is 7.05. The minimum atomic E-state index is 0.357. The highest BCUT2D eigenvalue weighted by Crippen LogP contribution is 2.34. The summed E-state index contributed by atoms with van der Waals surface area (Å²) in [5.41, 5.74) is 4.07. The molecule has 5 rings (SSSR count). The lowest BCUT2D eigenvalue weighted by molar-refractivity contribution is -0.130. The van der Waals surface area contributed by atoms with Crippen LogP contribution in [0.25, 0.3) is 10.9 Å². The number of allylic oxidation sites excluding steroid dienone is 2. The van der Waals surface area contributed by atoms with Gasteiger partial charge in [0.25, 0.3) is 0 Å². The van der Waals surface area contributed by atoms with E-state index in [0.29, 0.717) is 5.91 Å². The van der Waals surface area contributed by atoms with Gasteiger partial charge in [0.2, 0.25) is 5.91 Å². The number of nitrogens with one attached hydrogen (secondary N) is 1. The zero-order chi connectivity index (χ0) is 20.3. The highest BCUT2D eigenvalue weighted by molar-refractivity contribution is 5.90. The number of benzene rings is 1. The molecule has 0 radical (unpaired) electrons. The summed E-state index contributed by atoms with van der Waals surface area (Å²) in [5.74, 6) is 1.45. The first-order chi connectivity index (χ1) is 14.8. The van der Waals surface area contributed by atoms with E-state index in [2.05, 4.69) is 43.1 Å². The molecule has 30 heavy (non-hydrogen) atoms. The van der Waals surface area contributed by atoms with Crippen molar-refractivity contribution in [3.8, 4) is 0 Å². The first-order valence-corrected chi connectivity index (χ1v) is 11.7. The number of carbonyl (C=O) groups excluding carboxylic acids is 1. The molecular formula is C24H33N5O. The Labute approximate surface area is 178 Å². The average molecular weight is 408 g/mol.